The highest BCUT2D eigenvalue weighted by atomic mass is 35.5. The van der Waals surface area contributed by atoms with Crippen LogP contribution in [0.25, 0.3) is 0 Å². The van der Waals surface area contributed by atoms with E-state index in [-0.39, 0.29) is 22.1 Å². The summed E-state index contributed by atoms with van der Waals surface area (Å²) in [6, 6.07) is 3.99. The van der Waals surface area contributed by atoms with Crippen LogP contribution in [0, 0.1) is 12.7 Å². The molecule has 8 heteroatoms. The molecule has 0 aliphatic heterocycles. The lowest BCUT2D eigenvalue weighted by Crippen LogP contribution is -2.14. The van der Waals surface area contributed by atoms with Gasteiger partial charge in [0.05, 0.1) is 29.8 Å². The number of nitrogens with zero attached hydrogens (tertiary/aromatic N) is 1. The fourth-order valence-corrected chi connectivity index (χ4v) is 2.92. The number of nitrogens with one attached hydrogen (secondary N) is 1. The Labute approximate surface area is 135 Å². The van der Waals surface area contributed by atoms with Crippen LogP contribution >= 0.6 is 22.9 Å². The van der Waals surface area contributed by atoms with Crippen molar-refractivity contribution in [3.8, 4) is 0 Å². The van der Waals surface area contributed by atoms with Crippen molar-refractivity contribution in [1.82, 2.24) is 4.98 Å². The number of hydrogen-bond donors (Lipinski definition) is 1. The average Bonchev–Trinajstić information content (AvgIpc) is 2.78. The van der Waals surface area contributed by atoms with E-state index in [2.05, 4.69) is 15.0 Å². The van der Waals surface area contributed by atoms with E-state index in [4.69, 9.17) is 11.6 Å². The Morgan fingerprint density at radius 1 is 1.45 bits per heavy atom. The predicted octanol–water partition coefficient (Wildman–Crippen LogP) is 3.21. The van der Waals surface area contributed by atoms with Gasteiger partial charge in [-0.2, -0.15) is 0 Å². The van der Waals surface area contributed by atoms with Gasteiger partial charge in [0.2, 0.25) is 0 Å². The van der Waals surface area contributed by atoms with Crippen LogP contribution in [0.1, 0.15) is 20.9 Å². The summed E-state index contributed by atoms with van der Waals surface area (Å²) in [7, 11) is 1.29. The highest BCUT2D eigenvalue weighted by Crippen LogP contribution is 2.25. The molecule has 0 aliphatic carbocycles. The minimum atomic E-state index is -0.715. The number of anilines is 1. The Bertz CT molecular complexity index is 713. The molecule has 0 atom stereocenters. The van der Waals surface area contributed by atoms with Crippen LogP contribution in [0.5, 0.6) is 0 Å². The zero-order chi connectivity index (χ0) is 16.3. The zero-order valence-corrected chi connectivity index (χ0v) is 13.3. The highest BCUT2D eigenvalue weighted by Gasteiger charge is 2.18. The molecule has 0 aliphatic rings. The molecule has 2 aromatic rings. The number of aromatic nitrogens is 1. The van der Waals surface area contributed by atoms with Gasteiger partial charge in [0, 0.05) is 4.88 Å². The average molecular weight is 343 g/mol. The lowest BCUT2D eigenvalue weighted by atomic mass is 10.2. The number of benzene rings is 1. The summed E-state index contributed by atoms with van der Waals surface area (Å²) >= 11 is 6.96. The van der Waals surface area contributed by atoms with Gasteiger partial charge in [0.1, 0.15) is 5.82 Å². The number of amides is 1. The van der Waals surface area contributed by atoms with Crippen molar-refractivity contribution in [2.75, 3.05) is 12.4 Å². The molecule has 1 aromatic heterocycles. The number of esters is 1. The van der Waals surface area contributed by atoms with Gasteiger partial charge >= 0.3 is 5.97 Å². The third-order valence-corrected chi connectivity index (χ3v) is 4.22. The number of carbonyl (C=O) groups excluding carboxylic acids is 2. The topological polar surface area (TPSA) is 68.3 Å². The van der Waals surface area contributed by atoms with E-state index in [0.29, 0.717) is 10.6 Å². The molecule has 5 nitrogen and oxygen atoms in total. The lowest BCUT2D eigenvalue weighted by Gasteiger charge is -2.04. The summed E-state index contributed by atoms with van der Waals surface area (Å²) in [6.45, 7) is 1.71. The first-order valence-corrected chi connectivity index (χ1v) is 7.40. The second-order valence-electron chi connectivity index (χ2n) is 4.33. The number of aryl methyl sites for hydroxylation is 1. The molecule has 0 fully saturated rings. The van der Waals surface area contributed by atoms with Gasteiger partial charge in [-0.15, -0.1) is 11.3 Å². The Balaban J connectivity index is 2.19. The molecule has 0 saturated heterocycles. The summed E-state index contributed by atoms with van der Waals surface area (Å²) < 4.78 is 18.3. The number of ether oxygens (including phenoxy) is 1. The summed E-state index contributed by atoms with van der Waals surface area (Å²) in [6.07, 6.45) is 0.0658. The Hall–Kier alpha value is -1.99. The van der Waals surface area contributed by atoms with Gasteiger partial charge in [-0.25, -0.2) is 9.37 Å². The molecule has 0 spiro atoms. The van der Waals surface area contributed by atoms with Crippen molar-refractivity contribution in [1.29, 1.82) is 0 Å². The summed E-state index contributed by atoms with van der Waals surface area (Å²) in [5.41, 5.74) is 0.358. The third-order valence-electron chi connectivity index (χ3n) is 2.84. The van der Waals surface area contributed by atoms with E-state index in [1.807, 2.05) is 0 Å². The molecular weight excluding hydrogens is 331 g/mol. The van der Waals surface area contributed by atoms with Crippen LogP contribution in [0.3, 0.4) is 0 Å². The van der Waals surface area contributed by atoms with Crippen molar-refractivity contribution in [2.24, 2.45) is 0 Å². The van der Waals surface area contributed by atoms with Gasteiger partial charge in [0.25, 0.3) is 5.91 Å². The normalized spacial score (nSPS) is 10.4. The van der Waals surface area contributed by atoms with Crippen LogP contribution in [-0.4, -0.2) is 24.0 Å². The van der Waals surface area contributed by atoms with E-state index in [9.17, 15) is 14.0 Å². The molecule has 0 saturated carbocycles. The quantitative estimate of drug-likeness (QED) is 0.866. The molecule has 0 radical (unpaired) electrons. The second kappa shape index (κ2) is 6.85. The fraction of sp³-hybridized carbons (Fsp3) is 0.214. The molecule has 22 heavy (non-hydrogen) atoms. The van der Waals surface area contributed by atoms with Crippen LogP contribution < -0.4 is 5.32 Å². The fourth-order valence-electron chi connectivity index (χ4n) is 1.72. The standard InChI is InChI=1S/C14H12ClFN2O3S/c1-7-10(6-11(19)21-2)22-14(17-7)18-13(20)12-8(15)4-3-5-9(12)16/h3-5H,6H2,1-2H3,(H,17,18,20). The number of hydrogen-bond acceptors (Lipinski definition) is 5. The smallest absolute Gasteiger partial charge is 0.310 e. The van der Waals surface area contributed by atoms with Crippen molar-refractivity contribution in [3.05, 3.63) is 45.2 Å². The maximum absolute atomic E-state index is 13.7. The van der Waals surface area contributed by atoms with E-state index in [0.717, 1.165) is 17.4 Å². The molecule has 0 unspecified atom stereocenters. The number of halogens is 2. The molecule has 0 bridgehead atoms. The largest absolute Gasteiger partial charge is 0.469 e. The second-order valence-corrected chi connectivity index (χ2v) is 5.82. The highest BCUT2D eigenvalue weighted by molar-refractivity contribution is 7.16. The lowest BCUT2D eigenvalue weighted by molar-refractivity contribution is -0.139. The molecule has 1 heterocycles. The molecule has 2 rings (SSSR count). The van der Waals surface area contributed by atoms with Crippen LogP contribution in [-0.2, 0) is 16.0 Å². The third kappa shape index (κ3) is 3.61. The van der Waals surface area contributed by atoms with E-state index < -0.39 is 17.7 Å². The first-order valence-electron chi connectivity index (χ1n) is 6.21. The summed E-state index contributed by atoms with van der Waals surface area (Å²) in [4.78, 5) is 28.2. The monoisotopic (exact) mass is 342 g/mol. The van der Waals surface area contributed by atoms with Crippen molar-refractivity contribution >= 4 is 39.9 Å². The van der Waals surface area contributed by atoms with Crippen molar-refractivity contribution < 1.29 is 18.7 Å². The summed E-state index contributed by atoms with van der Waals surface area (Å²) in [5.74, 6) is -1.81. The Morgan fingerprint density at radius 3 is 2.82 bits per heavy atom. The van der Waals surface area contributed by atoms with Gasteiger partial charge in [0.15, 0.2) is 5.13 Å². The Morgan fingerprint density at radius 2 is 2.18 bits per heavy atom. The van der Waals surface area contributed by atoms with E-state index in [1.165, 1.54) is 19.2 Å². The minimum absolute atomic E-state index is 0.0144. The first-order chi connectivity index (χ1) is 10.4. The predicted molar refractivity (Wildman–Crippen MR) is 81.9 cm³/mol. The maximum Gasteiger partial charge on any atom is 0.310 e. The van der Waals surface area contributed by atoms with Crippen LogP contribution in [0.15, 0.2) is 18.2 Å². The van der Waals surface area contributed by atoms with Crippen molar-refractivity contribution in [3.63, 3.8) is 0 Å². The molecule has 1 N–H and O–H groups in total. The number of carbonyl (C=O) groups is 2. The maximum atomic E-state index is 13.7. The summed E-state index contributed by atoms with van der Waals surface area (Å²) in [5, 5.41) is 2.76. The number of methoxy groups -OCH3 is 1. The van der Waals surface area contributed by atoms with Gasteiger partial charge in [-0.3, -0.25) is 14.9 Å². The Kier molecular flexibility index (Phi) is 5.10. The molecule has 1 amide bonds. The number of rotatable bonds is 4. The van der Waals surface area contributed by atoms with Gasteiger partial charge in [-0.05, 0) is 19.1 Å². The number of thiazole rings is 1. The SMILES string of the molecule is COC(=O)Cc1sc(NC(=O)c2c(F)cccc2Cl)nc1C. The van der Waals surface area contributed by atoms with Gasteiger partial charge in [-0.1, -0.05) is 17.7 Å². The van der Waals surface area contributed by atoms with Crippen LogP contribution in [0.4, 0.5) is 9.52 Å². The van der Waals surface area contributed by atoms with Crippen LogP contribution in [0.2, 0.25) is 5.02 Å². The first kappa shape index (κ1) is 16.4. The molecule has 1 aromatic carbocycles. The van der Waals surface area contributed by atoms with E-state index >= 15 is 0 Å². The molecular formula is C14H12ClFN2O3S. The van der Waals surface area contributed by atoms with E-state index in [1.54, 1.807) is 6.92 Å². The zero-order valence-electron chi connectivity index (χ0n) is 11.8. The molecule has 116 valence electrons. The minimum Gasteiger partial charge on any atom is -0.469 e. The van der Waals surface area contributed by atoms with Gasteiger partial charge < -0.3 is 4.74 Å². The van der Waals surface area contributed by atoms with Crippen molar-refractivity contribution in [2.45, 2.75) is 13.3 Å².